The molecule has 0 radical (unpaired) electrons. The van der Waals surface area contributed by atoms with Gasteiger partial charge in [-0.1, -0.05) is 6.07 Å². The normalized spacial score (nSPS) is 13.5. The van der Waals surface area contributed by atoms with E-state index in [4.69, 9.17) is 24.5 Å². The average molecular weight is 622 g/mol. The van der Waals surface area contributed by atoms with Crippen LogP contribution in [0.25, 0.3) is 75.7 Å². The molecule has 0 spiro atoms. The minimum atomic E-state index is -0.715. The zero-order valence-corrected chi connectivity index (χ0v) is 24.4. The molecule has 0 saturated carbocycles. The molecule has 4 heteroatoms. The first kappa shape index (κ1) is 19.1. The Morgan fingerprint density at radius 2 is 1.00 bits per heavy atom. The Labute approximate surface area is 265 Å². The van der Waals surface area contributed by atoms with Gasteiger partial charge in [0.05, 0.1) is 0 Å². The molecule has 8 rings (SSSR count). The second-order valence-electron chi connectivity index (χ2n) is 9.96. The number of hydrogen-bond acceptors (Lipinski definition) is 3. The Morgan fingerprint density at radius 1 is 0.442 bits per heavy atom. The van der Waals surface area contributed by atoms with Crippen molar-refractivity contribution in [3.8, 4) is 56.4 Å². The number of rotatable bonds is 5. The Kier molecular flexibility index (Phi) is 4.86. The Morgan fingerprint density at radius 3 is 1.77 bits per heavy atom. The summed E-state index contributed by atoms with van der Waals surface area (Å²) in [6.45, 7) is 0. The third-order valence-corrected chi connectivity index (χ3v) is 9.63. The first-order valence-corrected chi connectivity index (χ1v) is 15.4. The number of hydrogen-bond donors (Lipinski definition) is 0. The van der Waals surface area contributed by atoms with Gasteiger partial charge in [0.2, 0.25) is 0 Å². The third-order valence-electron chi connectivity index (χ3n) is 7.27. The summed E-state index contributed by atoms with van der Waals surface area (Å²) in [4.78, 5) is 14.7. The van der Waals surface area contributed by atoms with Crippen molar-refractivity contribution in [2.24, 2.45) is 0 Å². The number of nitrogens with zero attached hydrogens (tertiary/aromatic N) is 3. The molecule has 0 N–H and O–H groups in total. The van der Waals surface area contributed by atoms with Crippen molar-refractivity contribution in [2.45, 2.75) is 0 Å². The molecule has 2 heterocycles. The van der Waals surface area contributed by atoms with Crippen molar-refractivity contribution in [3.63, 3.8) is 0 Å². The molecule has 0 aliphatic carbocycles. The summed E-state index contributed by atoms with van der Waals surface area (Å²) in [7, 11) is 0. The van der Waals surface area contributed by atoms with E-state index >= 15 is 0 Å². The SMILES string of the molecule is [2H]c1c([2H])c([2H])c2c([se]c3c(-c4nc(-c5ccc(-c6ccccc6)cc5)nc(-c5cccc(-c6ccccc6)c5)n4)c([2H])c([2H])c([2H])c32)c1[2H]. The van der Waals surface area contributed by atoms with Crippen LogP contribution in [0.4, 0.5) is 0 Å². The van der Waals surface area contributed by atoms with Crippen LogP contribution >= 0.6 is 0 Å². The first-order valence-electron chi connectivity index (χ1n) is 17.2. The van der Waals surface area contributed by atoms with Crippen molar-refractivity contribution in [1.82, 2.24) is 15.0 Å². The molecule has 0 aliphatic rings. The van der Waals surface area contributed by atoms with E-state index in [1.165, 1.54) is 0 Å². The van der Waals surface area contributed by atoms with Crippen LogP contribution in [0, 0.1) is 0 Å². The maximum atomic E-state index is 9.10. The topological polar surface area (TPSA) is 38.7 Å². The number of benzene rings is 6. The molecule has 43 heavy (non-hydrogen) atoms. The average Bonchev–Trinajstić information content (AvgIpc) is 3.57. The number of fused-ring (bicyclic) bond motifs is 3. The fraction of sp³-hybridized carbons (Fsp3) is 0. The quantitative estimate of drug-likeness (QED) is 0.180. The minimum absolute atomic E-state index is 0.141. The van der Waals surface area contributed by atoms with Crippen LogP contribution in [0.1, 0.15) is 9.60 Å². The van der Waals surface area contributed by atoms with Gasteiger partial charge in [-0.05, 0) is 0 Å². The monoisotopic (exact) mass is 622 g/mol. The van der Waals surface area contributed by atoms with Crippen molar-refractivity contribution >= 4 is 33.8 Å². The van der Waals surface area contributed by atoms with Crippen molar-refractivity contribution in [3.05, 3.63) is 151 Å². The molecule has 6 aromatic carbocycles. The summed E-state index contributed by atoms with van der Waals surface area (Å²) in [6, 6.07) is 33.7. The fourth-order valence-electron chi connectivity index (χ4n) is 5.14. The van der Waals surface area contributed by atoms with E-state index in [0.717, 1.165) is 27.8 Å². The van der Waals surface area contributed by atoms with Gasteiger partial charge in [0.1, 0.15) is 0 Å². The third kappa shape index (κ3) is 4.87. The van der Waals surface area contributed by atoms with E-state index in [9.17, 15) is 0 Å². The molecule has 0 fully saturated rings. The van der Waals surface area contributed by atoms with Gasteiger partial charge in [-0.2, -0.15) is 0 Å². The van der Waals surface area contributed by atoms with E-state index < -0.39 is 20.5 Å². The van der Waals surface area contributed by atoms with Crippen LogP contribution in [0.3, 0.4) is 0 Å². The van der Waals surface area contributed by atoms with E-state index in [1.54, 1.807) is 0 Å². The van der Waals surface area contributed by atoms with Gasteiger partial charge in [-0.25, -0.2) is 0 Å². The molecule has 0 bridgehead atoms. The summed E-state index contributed by atoms with van der Waals surface area (Å²) >= 11 is -0.715. The molecule has 2 aromatic heterocycles. The van der Waals surface area contributed by atoms with Crippen molar-refractivity contribution in [1.29, 1.82) is 0 Å². The molecule has 0 saturated heterocycles. The van der Waals surface area contributed by atoms with Crippen LogP contribution in [0.5, 0.6) is 0 Å². The molecule has 0 aliphatic heterocycles. The van der Waals surface area contributed by atoms with Crippen LogP contribution < -0.4 is 0 Å². The van der Waals surface area contributed by atoms with E-state index in [-0.39, 0.29) is 58.4 Å². The summed E-state index contributed by atoms with van der Waals surface area (Å²) in [5.74, 6) is 0.857. The summed E-state index contributed by atoms with van der Waals surface area (Å²) in [6.07, 6.45) is 0. The van der Waals surface area contributed by atoms with Gasteiger partial charge in [-0.3, -0.25) is 0 Å². The van der Waals surface area contributed by atoms with Gasteiger partial charge in [0, 0.05) is 0 Å². The summed E-state index contributed by atoms with van der Waals surface area (Å²) < 4.78 is 61.5. The second-order valence-corrected chi connectivity index (χ2v) is 12.1. The molecule has 3 nitrogen and oxygen atoms in total. The van der Waals surface area contributed by atoms with Gasteiger partial charge in [-0.15, -0.1) is 0 Å². The van der Waals surface area contributed by atoms with Gasteiger partial charge in [0.15, 0.2) is 0 Å². The second kappa shape index (κ2) is 10.9. The van der Waals surface area contributed by atoms with Crippen LogP contribution in [0.2, 0.25) is 0 Å². The standard InChI is InChI=1S/C39H25N3Se/c1-3-11-26(12-4-1)28-21-23-29(24-22-28)37-40-38(31-16-9-15-30(25-31)27-13-5-2-6-14-27)42-39(41-37)34-19-10-18-33-32-17-7-8-20-35(32)43-36(33)34/h1-25H/i7D,8D,10D,17D,18D,19D,20D. The van der Waals surface area contributed by atoms with Crippen LogP contribution in [-0.4, -0.2) is 29.5 Å². The fourth-order valence-corrected chi connectivity index (χ4v) is 7.37. The van der Waals surface area contributed by atoms with Crippen LogP contribution in [-0.2, 0) is 0 Å². The maximum absolute atomic E-state index is 9.10. The summed E-state index contributed by atoms with van der Waals surface area (Å²) in [5, 5.41) is 0.456. The van der Waals surface area contributed by atoms with E-state index in [1.807, 2.05) is 109 Å². The molecule has 8 aromatic rings. The van der Waals surface area contributed by atoms with Crippen molar-refractivity contribution < 1.29 is 9.60 Å². The molecule has 0 amide bonds. The van der Waals surface area contributed by atoms with E-state index in [2.05, 4.69) is 0 Å². The molecule has 202 valence electrons. The van der Waals surface area contributed by atoms with Gasteiger partial charge < -0.3 is 0 Å². The Balaban J connectivity index is 1.40. The zero-order chi connectivity index (χ0) is 34.7. The molecular weight excluding hydrogens is 589 g/mol. The predicted octanol–water partition coefficient (Wildman–Crippen LogP) is 9.57. The predicted molar refractivity (Wildman–Crippen MR) is 179 cm³/mol. The zero-order valence-electron chi connectivity index (χ0n) is 29.6. The first-order chi connectivity index (χ1) is 24.2. The number of aromatic nitrogens is 3. The van der Waals surface area contributed by atoms with Crippen LogP contribution in [0.15, 0.2) is 151 Å². The Hall–Kier alpha value is -5.15. The van der Waals surface area contributed by atoms with Crippen molar-refractivity contribution in [2.75, 3.05) is 0 Å². The van der Waals surface area contributed by atoms with Gasteiger partial charge >= 0.3 is 260 Å². The molecular formula is C39H25N3Se. The van der Waals surface area contributed by atoms with Gasteiger partial charge in [0.25, 0.3) is 0 Å². The Bertz CT molecular complexity index is 2610. The summed E-state index contributed by atoms with van der Waals surface area (Å²) in [5.41, 5.74) is 5.75. The molecule has 0 unspecified atom stereocenters. The molecule has 0 atom stereocenters. The van der Waals surface area contributed by atoms with E-state index in [0.29, 0.717) is 25.7 Å².